The van der Waals surface area contributed by atoms with Crippen molar-refractivity contribution < 1.29 is 4.74 Å². The van der Waals surface area contributed by atoms with Crippen molar-refractivity contribution in [2.45, 2.75) is 38.6 Å². The summed E-state index contributed by atoms with van der Waals surface area (Å²) in [6.07, 6.45) is 4.49. The lowest BCUT2D eigenvalue weighted by molar-refractivity contribution is 0.273. The van der Waals surface area contributed by atoms with E-state index in [4.69, 9.17) is 10.5 Å². The van der Waals surface area contributed by atoms with Crippen molar-refractivity contribution in [1.29, 1.82) is 0 Å². The highest BCUT2D eigenvalue weighted by Gasteiger charge is 2.22. The molecule has 0 amide bonds. The molecule has 0 aromatic heterocycles. The van der Waals surface area contributed by atoms with E-state index in [0.29, 0.717) is 12.0 Å². The second-order valence-corrected chi connectivity index (χ2v) is 6.37. The summed E-state index contributed by atoms with van der Waals surface area (Å²) in [5.41, 5.74) is 8.64. The molecule has 1 unspecified atom stereocenters. The zero-order valence-corrected chi connectivity index (χ0v) is 14.1. The minimum atomic E-state index is 0.567. The molecule has 3 N–H and O–H groups in total. The van der Waals surface area contributed by atoms with Crippen LogP contribution in [0, 0.1) is 0 Å². The Balaban J connectivity index is 1.42. The van der Waals surface area contributed by atoms with Gasteiger partial charge in [-0.15, -0.1) is 0 Å². The monoisotopic (exact) mass is 316 g/mol. The summed E-state index contributed by atoms with van der Waals surface area (Å²) >= 11 is 0. The molecule has 0 radical (unpaired) electrons. The Morgan fingerprint density at radius 2 is 2.39 bits per heavy atom. The van der Waals surface area contributed by atoms with Crippen LogP contribution < -0.4 is 15.8 Å². The molecule has 2 aliphatic heterocycles. The molecule has 1 aromatic carbocycles. The van der Waals surface area contributed by atoms with Crippen molar-refractivity contribution >= 4 is 5.96 Å². The van der Waals surface area contributed by atoms with E-state index in [1.807, 2.05) is 0 Å². The third-order valence-electron chi connectivity index (χ3n) is 4.85. The predicted octanol–water partition coefficient (Wildman–Crippen LogP) is 1.55. The molecular weight excluding hydrogens is 288 g/mol. The van der Waals surface area contributed by atoms with E-state index >= 15 is 0 Å². The Hall–Kier alpha value is -1.75. The molecule has 2 heterocycles. The van der Waals surface area contributed by atoms with E-state index in [1.165, 1.54) is 30.5 Å². The Morgan fingerprint density at radius 1 is 1.48 bits per heavy atom. The van der Waals surface area contributed by atoms with Gasteiger partial charge in [0.15, 0.2) is 5.96 Å². The molecule has 0 aliphatic carbocycles. The number of ether oxygens (including phenoxy) is 1. The summed E-state index contributed by atoms with van der Waals surface area (Å²) in [6, 6.07) is 7.03. The van der Waals surface area contributed by atoms with Crippen molar-refractivity contribution in [3.63, 3.8) is 0 Å². The van der Waals surface area contributed by atoms with Crippen LogP contribution in [0.5, 0.6) is 5.75 Å². The first-order chi connectivity index (χ1) is 11.3. The van der Waals surface area contributed by atoms with Gasteiger partial charge in [0.25, 0.3) is 0 Å². The van der Waals surface area contributed by atoms with Gasteiger partial charge in [-0.1, -0.05) is 19.1 Å². The van der Waals surface area contributed by atoms with E-state index < -0.39 is 0 Å². The second-order valence-electron chi connectivity index (χ2n) is 6.37. The SMILES string of the molecule is CCN1CCCC1CN=C(N)NCCc1ccc2c(c1)CCO2. The average Bonchev–Trinajstić information content (AvgIpc) is 3.21. The van der Waals surface area contributed by atoms with Crippen LogP contribution in [0.15, 0.2) is 23.2 Å². The maximum absolute atomic E-state index is 5.99. The third-order valence-corrected chi connectivity index (χ3v) is 4.85. The number of hydrogen-bond acceptors (Lipinski definition) is 3. The molecule has 1 aromatic rings. The van der Waals surface area contributed by atoms with Crippen molar-refractivity contribution in [3.8, 4) is 5.75 Å². The van der Waals surface area contributed by atoms with E-state index in [9.17, 15) is 0 Å². The standard InChI is InChI=1S/C18H28N4O/c1-2-22-10-3-4-16(22)13-21-18(19)20-9-7-14-5-6-17-15(12-14)8-11-23-17/h5-6,12,16H,2-4,7-11,13H2,1H3,(H3,19,20,21). The predicted molar refractivity (Wildman–Crippen MR) is 94.1 cm³/mol. The lowest BCUT2D eigenvalue weighted by atomic mass is 10.1. The average molecular weight is 316 g/mol. The van der Waals surface area contributed by atoms with Gasteiger partial charge >= 0.3 is 0 Å². The molecule has 126 valence electrons. The van der Waals surface area contributed by atoms with E-state index in [2.05, 4.69) is 40.3 Å². The van der Waals surface area contributed by atoms with Gasteiger partial charge in [-0.25, -0.2) is 0 Å². The van der Waals surface area contributed by atoms with Gasteiger partial charge in [-0.3, -0.25) is 9.89 Å². The molecule has 23 heavy (non-hydrogen) atoms. The quantitative estimate of drug-likeness (QED) is 0.617. The van der Waals surface area contributed by atoms with Crippen LogP contribution in [0.25, 0.3) is 0 Å². The summed E-state index contributed by atoms with van der Waals surface area (Å²) < 4.78 is 5.54. The van der Waals surface area contributed by atoms with Crippen LogP contribution in [0.4, 0.5) is 0 Å². The molecule has 0 bridgehead atoms. The summed E-state index contributed by atoms with van der Waals surface area (Å²) in [4.78, 5) is 7.00. The van der Waals surface area contributed by atoms with Crippen LogP contribution in [-0.2, 0) is 12.8 Å². The summed E-state index contributed by atoms with van der Waals surface area (Å²) in [7, 11) is 0. The van der Waals surface area contributed by atoms with Gasteiger partial charge in [0.05, 0.1) is 13.2 Å². The first-order valence-corrected chi connectivity index (χ1v) is 8.78. The highest BCUT2D eigenvalue weighted by molar-refractivity contribution is 5.77. The number of fused-ring (bicyclic) bond motifs is 1. The number of hydrogen-bond donors (Lipinski definition) is 2. The number of nitrogens with two attached hydrogens (primary N) is 1. The zero-order valence-electron chi connectivity index (χ0n) is 14.1. The van der Waals surface area contributed by atoms with E-state index in [-0.39, 0.29) is 0 Å². The van der Waals surface area contributed by atoms with Crippen LogP contribution in [-0.4, -0.2) is 49.7 Å². The normalized spacial score (nSPS) is 21.3. The largest absolute Gasteiger partial charge is 0.493 e. The zero-order chi connectivity index (χ0) is 16.1. The van der Waals surface area contributed by atoms with Gasteiger partial charge in [0.2, 0.25) is 0 Å². The fraction of sp³-hybridized carbons (Fsp3) is 0.611. The summed E-state index contributed by atoms with van der Waals surface area (Å²) in [5.74, 6) is 1.61. The summed E-state index contributed by atoms with van der Waals surface area (Å²) in [5, 5.41) is 3.23. The second kappa shape index (κ2) is 7.68. The Labute approximate surface area is 138 Å². The number of guanidine groups is 1. The Kier molecular flexibility index (Phi) is 5.39. The molecule has 3 rings (SSSR count). The smallest absolute Gasteiger partial charge is 0.188 e. The molecule has 1 fully saturated rings. The van der Waals surface area contributed by atoms with Crippen molar-refractivity contribution in [2.24, 2.45) is 10.7 Å². The van der Waals surface area contributed by atoms with Crippen molar-refractivity contribution in [3.05, 3.63) is 29.3 Å². The molecule has 5 nitrogen and oxygen atoms in total. The highest BCUT2D eigenvalue weighted by Crippen LogP contribution is 2.25. The molecule has 2 aliphatic rings. The van der Waals surface area contributed by atoms with Crippen molar-refractivity contribution in [1.82, 2.24) is 10.2 Å². The van der Waals surface area contributed by atoms with Crippen LogP contribution >= 0.6 is 0 Å². The number of aliphatic imine (C=N–C) groups is 1. The molecule has 5 heteroatoms. The minimum Gasteiger partial charge on any atom is -0.493 e. The van der Waals surface area contributed by atoms with Crippen LogP contribution in [0.1, 0.15) is 30.9 Å². The van der Waals surface area contributed by atoms with Gasteiger partial charge in [0, 0.05) is 19.0 Å². The first kappa shape index (κ1) is 16.1. The lowest BCUT2D eigenvalue weighted by Crippen LogP contribution is -2.36. The van der Waals surface area contributed by atoms with Gasteiger partial charge in [-0.05, 0) is 49.5 Å². The maximum atomic E-state index is 5.99. The molecule has 1 atom stereocenters. The van der Waals surface area contributed by atoms with Crippen LogP contribution in [0.2, 0.25) is 0 Å². The number of benzene rings is 1. The number of rotatable bonds is 6. The van der Waals surface area contributed by atoms with Gasteiger partial charge in [0.1, 0.15) is 5.75 Å². The number of nitrogens with zero attached hydrogens (tertiary/aromatic N) is 2. The van der Waals surface area contributed by atoms with Crippen LogP contribution in [0.3, 0.4) is 0 Å². The molecule has 1 saturated heterocycles. The van der Waals surface area contributed by atoms with Crippen molar-refractivity contribution in [2.75, 3.05) is 32.8 Å². The number of likely N-dealkylation sites (N-methyl/N-ethyl adjacent to an activating group) is 1. The van der Waals surface area contributed by atoms with Gasteiger partial charge in [-0.2, -0.15) is 0 Å². The Morgan fingerprint density at radius 3 is 3.26 bits per heavy atom. The molecule has 0 spiro atoms. The fourth-order valence-electron chi connectivity index (χ4n) is 3.51. The topological polar surface area (TPSA) is 62.9 Å². The van der Waals surface area contributed by atoms with E-state index in [0.717, 1.165) is 44.8 Å². The Bertz CT molecular complexity index is 558. The van der Waals surface area contributed by atoms with E-state index in [1.54, 1.807) is 0 Å². The lowest BCUT2D eigenvalue weighted by Gasteiger charge is -2.20. The third kappa shape index (κ3) is 4.16. The molecular formula is C18H28N4O. The number of nitrogens with one attached hydrogen (secondary N) is 1. The maximum Gasteiger partial charge on any atom is 0.188 e. The number of likely N-dealkylation sites (tertiary alicyclic amines) is 1. The highest BCUT2D eigenvalue weighted by atomic mass is 16.5. The fourth-order valence-corrected chi connectivity index (χ4v) is 3.51. The van der Waals surface area contributed by atoms with Gasteiger partial charge < -0.3 is 15.8 Å². The summed E-state index contributed by atoms with van der Waals surface area (Å²) in [6.45, 7) is 6.96. The first-order valence-electron chi connectivity index (χ1n) is 8.78. The molecule has 0 saturated carbocycles. The minimum absolute atomic E-state index is 0.567.